The van der Waals surface area contributed by atoms with Crippen LogP contribution in [0.1, 0.15) is 48.4 Å². The van der Waals surface area contributed by atoms with Crippen molar-refractivity contribution in [3.8, 4) is 0 Å². The fourth-order valence-electron chi connectivity index (χ4n) is 2.06. The van der Waals surface area contributed by atoms with Gasteiger partial charge in [-0.2, -0.15) is 0 Å². The van der Waals surface area contributed by atoms with Crippen LogP contribution in [0.3, 0.4) is 0 Å². The highest BCUT2D eigenvalue weighted by Gasteiger charge is 2.15. The number of aryl methyl sites for hydroxylation is 1. The third kappa shape index (κ3) is 2.37. The monoisotopic (exact) mass is 209 g/mol. The van der Waals surface area contributed by atoms with Gasteiger partial charge in [-0.25, -0.2) is 0 Å². The number of hydrogen-bond acceptors (Lipinski definition) is 2. The molecule has 1 aromatic heterocycles. The zero-order valence-corrected chi connectivity index (χ0v) is 9.70. The minimum atomic E-state index is 0.652. The number of piperidine rings is 1. The van der Waals surface area contributed by atoms with Crippen molar-refractivity contribution in [3.05, 3.63) is 21.9 Å². The summed E-state index contributed by atoms with van der Waals surface area (Å²) < 4.78 is 0. The molecule has 1 aliphatic heterocycles. The van der Waals surface area contributed by atoms with Crippen molar-refractivity contribution in [2.75, 3.05) is 6.54 Å². The fraction of sp³-hybridized carbons (Fsp3) is 0.667. The van der Waals surface area contributed by atoms with Gasteiger partial charge in [0.25, 0.3) is 0 Å². The van der Waals surface area contributed by atoms with Crippen LogP contribution >= 0.6 is 11.3 Å². The molecule has 0 aliphatic carbocycles. The van der Waals surface area contributed by atoms with Gasteiger partial charge >= 0.3 is 0 Å². The van der Waals surface area contributed by atoms with Crippen LogP contribution in [0.5, 0.6) is 0 Å². The smallest absolute Gasteiger partial charge is 0.0414 e. The van der Waals surface area contributed by atoms with Crippen LogP contribution in [-0.2, 0) is 6.42 Å². The van der Waals surface area contributed by atoms with Crippen LogP contribution in [0.4, 0.5) is 0 Å². The first-order chi connectivity index (χ1) is 6.90. The van der Waals surface area contributed by atoms with Crippen LogP contribution in [-0.4, -0.2) is 6.54 Å². The standard InChI is InChI=1S/C12H19NS/c1-2-5-10-7-8-12(14-10)11-6-3-4-9-13-11/h7-8,11,13H,2-6,9H2,1H3/t11-/m1/s1. The molecule has 1 N–H and O–H groups in total. The number of hydrogen-bond donors (Lipinski definition) is 1. The summed E-state index contributed by atoms with van der Waals surface area (Å²) in [5.74, 6) is 0. The van der Waals surface area contributed by atoms with E-state index in [4.69, 9.17) is 0 Å². The molecule has 1 fully saturated rings. The summed E-state index contributed by atoms with van der Waals surface area (Å²) >= 11 is 2.00. The van der Waals surface area contributed by atoms with Gasteiger partial charge in [-0.05, 0) is 37.9 Å². The van der Waals surface area contributed by atoms with E-state index in [9.17, 15) is 0 Å². The summed E-state index contributed by atoms with van der Waals surface area (Å²) in [7, 11) is 0. The van der Waals surface area contributed by atoms with Crippen LogP contribution in [0.25, 0.3) is 0 Å². The molecular weight excluding hydrogens is 190 g/mol. The van der Waals surface area contributed by atoms with Crippen molar-refractivity contribution in [2.24, 2.45) is 0 Å². The van der Waals surface area contributed by atoms with Gasteiger partial charge in [0.1, 0.15) is 0 Å². The van der Waals surface area contributed by atoms with E-state index in [1.807, 2.05) is 11.3 Å². The van der Waals surface area contributed by atoms with E-state index in [0.717, 1.165) is 0 Å². The van der Waals surface area contributed by atoms with Gasteiger partial charge in [-0.15, -0.1) is 11.3 Å². The number of rotatable bonds is 3. The molecule has 1 nitrogen and oxygen atoms in total. The maximum absolute atomic E-state index is 3.60. The molecule has 2 heteroatoms. The molecule has 0 amide bonds. The minimum Gasteiger partial charge on any atom is -0.309 e. The Hall–Kier alpha value is -0.340. The van der Waals surface area contributed by atoms with Gasteiger partial charge in [0, 0.05) is 15.8 Å². The molecule has 0 saturated carbocycles. The Morgan fingerprint density at radius 3 is 3.07 bits per heavy atom. The first-order valence-corrected chi connectivity index (χ1v) is 6.54. The second kappa shape index (κ2) is 4.94. The molecular formula is C12H19NS. The molecule has 0 spiro atoms. The Bertz CT molecular complexity index is 274. The highest BCUT2D eigenvalue weighted by Crippen LogP contribution is 2.29. The van der Waals surface area contributed by atoms with Crippen molar-refractivity contribution in [2.45, 2.75) is 45.1 Å². The lowest BCUT2D eigenvalue weighted by Crippen LogP contribution is -2.25. The average Bonchev–Trinajstić information content (AvgIpc) is 2.68. The maximum Gasteiger partial charge on any atom is 0.0414 e. The van der Waals surface area contributed by atoms with Crippen molar-refractivity contribution in [1.82, 2.24) is 5.32 Å². The van der Waals surface area contributed by atoms with E-state index in [-0.39, 0.29) is 0 Å². The van der Waals surface area contributed by atoms with E-state index >= 15 is 0 Å². The Labute approximate surface area is 90.5 Å². The minimum absolute atomic E-state index is 0.652. The first-order valence-electron chi connectivity index (χ1n) is 5.72. The zero-order valence-electron chi connectivity index (χ0n) is 8.88. The van der Waals surface area contributed by atoms with E-state index in [1.54, 1.807) is 9.75 Å². The van der Waals surface area contributed by atoms with Crippen molar-refractivity contribution >= 4 is 11.3 Å². The van der Waals surface area contributed by atoms with Gasteiger partial charge in [0.2, 0.25) is 0 Å². The van der Waals surface area contributed by atoms with E-state index in [2.05, 4.69) is 24.4 Å². The first kappa shape index (κ1) is 10.2. The number of thiophene rings is 1. The van der Waals surface area contributed by atoms with Crippen LogP contribution in [0, 0.1) is 0 Å². The number of nitrogens with one attached hydrogen (secondary N) is 1. The van der Waals surface area contributed by atoms with Crippen molar-refractivity contribution in [1.29, 1.82) is 0 Å². The lowest BCUT2D eigenvalue weighted by Gasteiger charge is -2.22. The molecule has 0 radical (unpaired) electrons. The molecule has 0 unspecified atom stereocenters. The SMILES string of the molecule is CCCc1ccc([C@H]2CCCCN2)s1. The predicted molar refractivity (Wildman–Crippen MR) is 62.9 cm³/mol. The molecule has 1 aromatic rings. The molecule has 0 bridgehead atoms. The van der Waals surface area contributed by atoms with Gasteiger partial charge in [-0.3, -0.25) is 0 Å². The molecule has 14 heavy (non-hydrogen) atoms. The summed E-state index contributed by atoms with van der Waals surface area (Å²) in [6.45, 7) is 3.45. The molecule has 78 valence electrons. The molecule has 1 saturated heterocycles. The largest absolute Gasteiger partial charge is 0.309 e. The lowest BCUT2D eigenvalue weighted by atomic mass is 10.0. The Kier molecular flexibility index (Phi) is 3.60. The van der Waals surface area contributed by atoms with Gasteiger partial charge in [0.05, 0.1) is 0 Å². The third-order valence-corrected chi connectivity index (χ3v) is 4.09. The van der Waals surface area contributed by atoms with Gasteiger partial charge < -0.3 is 5.32 Å². The van der Waals surface area contributed by atoms with E-state index < -0.39 is 0 Å². The fourth-order valence-corrected chi connectivity index (χ4v) is 3.28. The molecule has 1 aliphatic rings. The second-order valence-electron chi connectivity index (χ2n) is 4.06. The Balaban J connectivity index is 2.00. The Morgan fingerprint density at radius 1 is 1.43 bits per heavy atom. The summed E-state index contributed by atoms with van der Waals surface area (Å²) in [6, 6.07) is 5.28. The van der Waals surface area contributed by atoms with E-state index in [1.165, 1.54) is 38.6 Å². The Morgan fingerprint density at radius 2 is 2.36 bits per heavy atom. The normalized spacial score (nSPS) is 22.5. The summed E-state index contributed by atoms with van der Waals surface area (Å²) in [5.41, 5.74) is 0. The third-order valence-electron chi connectivity index (χ3n) is 2.83. The zero-order chi connectivity index (χ0) is 9.80. The molecule has 2 heterocycles. The molecule has 0 aromatic carbocycles. The van der Waals surface area contributed by atoms with Crippen LogP contribution < -0.4 is 5.32 Å². The van der Waals surface area contributed by atoms with Crippen molar-refractivity contribution < 1.29 is 0 Å². The summed E-state index contributed by atoms with van der Waals surface area (Å²) in [4.78, 5) is 3.10. The summed E-state index contributed by atoms with van der Waals surface area (Å²) in [5, 5.41) is 3.60. The van der Waals surface area contributed by atoms with Crippen molar-refractivity contribution in [3.63, 3.8) is 0 Å². The van der Waals surface area contributed by atoms with Crippen LogP contribution in [0.2, 0.25) is 0 Å². The van der Waals surface area contributed by atoms with Gasteiger partial charge in [0.15, 0.2) is 0 Å². The quantitative estimate of drug-likeness (QED) is 0.803. The highest BCUT2D eigenvalue weighted by molar-refractivity contribution is 7.12. The summed E-state index contributed by atoms with van der Waals surface area (Å²) in [6.07, 6.45) is 6.57. The molecule has 2 rings (SSSR count). The van der Waals surface area contributed by atoms with Crippen LogP contribution in [0.15, 0.2) is 12.1 Å². The predicted octanol–water partition coefficient (Wildman–Crippen LogP) is 3.52. The lowest BCUT2D eigenvalue weighted by molar-refractivity contribution is 0.417. The highest BCUT2D eigenvalue weighted by atomic mass is 32.1. The topological polar surface area (TPSA) is 12.0 Å². The maximum atomic E-state index is 3.60. The molecule has 1 atom stereocenters. The van der Waals surface area contributed by atoms with Gasteiger partial charge in [-0.1, -0.05) is 19.8 Å². The second-order valence-corrected chi connectivity index (χ2v) is 5.26. The van der Waals surface area contributed by atoms with E-state index in [0.29, 0.717) is 6.04 Å². The average molecular weight is 209 g/mol.